The Morgan fingerprint density at radius 2 is 1.41 bits per heavy atom. The summed E-state index contributed by atoms with van der Waals surface area (Å²) in [4.78, 5) is 0. The van der Waals surface area contributed by atoms with Gasteiger partial charge in [0.25, 0.3) is 0 Å². The molecule has 0 saturated heterocycles. The fourth-order valence-electron chi connectivity index (χ4n) is 3.44. The molecule has 0 radical (unpaired) electrons. The average molecular weight is 304 g/mol. The van der Waals surface area contributed by atoms with E-state index >= 15 is 0 Å². The van der Waals surface area contributed by atoms with E-state index in [1.54, 1.807) is 5.56 Å². The van der Waals surface area contributed by atoms with Crippen LogP contribution in [0.2, 0.25) is 0 Å². The van der Waals surface area contributed by atoms with Gasteiger partial charge in [0.05, 0.1) is 0 Å². The van der Waals surface area contributed by atoms with E-state index in [0.29, 0.717) is 6.04 Å². The Labute approximate surface area is 138 Å². The van der Waals surface area contributed by atoms with Gasteiger partial charge in [-0.05, 0) is 43.2 Å². The largest absolute Gasteiger partial charge is 0.382 e. The van der Waals surface area contributed by atoms with Crippen molar-refractivity contribution in [2.24, 2.45) is 0 Å². The molecule has 1 unspecified atom stereocenters. The lowest BCUT2D eigenvalue weighted by molar-refractivity contribution is 0.538. The summed E-state index contributed by atoms with van der Waals surface area (Å²) < 4.78 is 0. The van der Waals surface area contributed by atoms with Gasteiger partial charge in [0, 0.05) is 11.7 Å². The molecule has 0 heterocycles. The molecule has 0 saturated carbocycles. The Bertz CT molecular complexity index is 379. The molecule has 22 heavy (non-hydrogen) atoms. The molecule has 1 atom stereocenters. The molecule has 0 spiro atoms. The van der Waals surface area contributed by atoms with Crippen molar-refractivity contribution in [2.75, 3.05) is 5.32 Å². The third-order valence-corrected chi connectivity index (χ3v) is 4.58. The SMILES string of the molecule is CCCCC(CCC)c1ccccc1NC(CCC)CCC. The molecule has 0 bridgehead atoms. The van der Waals surface area contributed by atoms with Gasteiger partial charge in [-0.1, -0.05) is 78.0 Å². The maximum absolute atomic E-state index is 3.86. The minimum atomic E-state index is 0.629. The Balaban J connectivity index is 2.89. The lowest BCUT2D eigenvalue weighted by Crippen LogP contribution is -2.20. The maximum Gasteiger partial charge on any atom is 0.0377 e. The monoisotopic (exact) mass is 303 g/mol. The van der Waals surface area contributed by atoms with Crippen LogP contribution in [0.25, 0.3) is 0 Å². The number of para-hydroxylation sites is 1. The molecule has 1 rings (SSSR count). The standard InChI is InChI=1S/C21H37N/c1-5-9-15-18(12-6-2)20-16-10-11-17-21(20)22-19(13-7-3)14-8-4/h10-11,16-19,22H,5-9,12-15H2,1-4H3. The van der Waals surface area contributed by atoms with Crippen molar-refractivity contribution < 1.29 is 0 Å². The van der Waals surface area contributed by atoms with Gasteiger partial charge in [-0.15, -0.1) is 0 Å². The first-order valence-electron chi connectivity index (χ1n) is 9.62. The highest BCUT2D eigenvalue weighted by atomic mass is 14.9. The maximum atomic E-state index is 3.86. The first kappa shape index (κ1) is 19.1. The summed E-state index contributed by atoms with van der Waals surface area (Å²) in [5, 5.41) is 3.86. The minimum absolute atomic E-state index is 0.629. The fraction of sp³-hybridized carbons (Fsp3) is 0.714. The van der Waals surface area contributed by atoms with Crippen molar-refractivity contribution >= 4 is 5.69 Å². The summed E-state index contributed by atoms with van der Waals surface area (Å²) in [5.74, 6) is 0.720. The fourth-order valence-corrected chi connectivity index (χ4v) is 3.44. The first-order chi connectivity index (χ1) is 10.8. The zero-order valence-corrected chi connectivity index (χ0v) is 15.3. The zero-order valence-electron chi connectivity index (χ0n) is 15.3. The van der Waals surface area contributed by atoms with E-state index in [1.807, 2.05) is 0 Å². The van der Waals surface area contributed by atoms with Gasteiger partial charge < -0.3 is 5.32 Å². The van der Waals surface area contributed by atoms with E-state index in [-0.39, 0.29) is 0 Å². The summed E-state index contributed by atoms with van der Waals surface area (Å²) in [5.41, 5.74) is 2.94. The number of rotatable bonds is 12. The summed E-state index contributed by atoms with van der Waals surface area (Å²) in [6.45, 7) is 9.19. The van der Waals surface area contributed by atoms with Crippen LogP contribution in [0.15, 0.2) is 24.3 Å². The van der Waals surface area contributed by atoms with Crippen LogP contribution in [-0.4, -0.2) is 6.04 Å². The van der Waals surface area contributed by atoms with Crippen LogP contribution >= 0.6 is 0 Å². The van der Waals surface area contributed by atoms with Crippen LogP contribution in [0, 0.1) is 0 Å². The van der Waals surface area contributed by atoms with Crippen molar-refractivity contribution in [3.63, 3.8) is 0 Å². The molecule has 0 aliphatic heterocycles. The highest BCUT2D eigenvalue weighted by Gasteiger charge is 2.16. The molecule has 1 nitrogen and oxygen atoms in total. The molecule has 1 N–H and O–H groups in total. The van der Waals surface area contributed by atoms with Gasteiger partial charge in [0.15, 0.2) is 0 Å². The van der Waals surface area contributed by atoms with Crippen molar-refractivity contribution in [1.29, 1.82) is 0 Å². The number of unbranched alkanes of at least 4 members (excludes halogenated alkanes) is 1. The van der Waals surface area contributed by atoms with Crippen LogP contribution in [0.1, 0.15) is 97.0 Å². The smallest absolute Gasteiger partial charge is 0.0377 e. The molecule has 1 heteroatoms. The van der Waals surface area contributed by atoms with Crippen LogP contribution in [0.5, 0.6) is 0 Å². The Morgan fingerprint density at radius 1 is 0.773 bits per heavy atom. The molecule has 0 aliphatic rings. The topological polar surface area (TPSA) is 12.0 Å². The third kappa shape index (κ3) is 6.42. The highest BCUT2D eigenvalue weighted by molar-refractivity contribution is 5.53. The summed E-state index contributed by atoms with van der Waals surface area (Å²) in [7, 11) is 0. The normalized spacial score (nSPS) is 12.6. The molecule has 0 amide bonds. The number of benzene rings is 1. The predicted octanol–water partition coefficient (Wildman–Crippen LogP) is 7.14. The molecule has 1 aromatic rings. The van der Waals surface area contributed by atoms with E-state index in [9.17, 15) is 0 Å². The molecular formula is C21H37N. The number of hydrogen-bond acceptors (Lipinski definition) is 1. The van der Waals surface area contributed by atoms with Crippen molar-refractivity contribution in [3.8, 4) is 0 Å². The van der Waals surface area contributed by atoms with E-state index in [0.717, 1.165) is 5.92 Å². The summed E-state index contributed by atoms with van der Waals surface area (Å²) >= 11 is 0. The van der Waals surface area contributed by atoms with Crippen LogP contribution < -0.4 is 5.32 Å². The van der Waals surface area contributed by atoms with Gasteiger partial charge in [0.1, 0.15) is 0 Å². The van der Waals surface area contributed by atoms with Gasteiger partial charge in [0.2, 0.25) is 0 Å². The number of anilines is 1. The van der Waals surface area contributed by atoms with Crippen LogP contribution in [0.4, 0.5) is 5.69 Å². The average Bonchev–Trinajstić information content (AvgIpc) is 2.53. The second-order valence-electron chi connectivity index (χ2n) is 6.63. The lowest BCUT2D eigenvalue weighted by atomic mass is 9.88. The van der Waals surface area contributed by atoms with Crippen molar-refractivity contribution in [1.82, 2.24) is 0 Å². The van der Waals surface area contributed by atoms with Gasteiger partial charge in [-0.2, -0.15) is 0 Å². The Hall–Kier alpha value is -0.980. The number of hydrogen-bond donors (Lipinski definition) is 1. The molecule has 1 aromatic carbocycles. The predicted molar refractivity (Wildman–Crippen MR) is 101 cm³/mol. The summed E-state index contributed by atoms with van der Waals surface area (Å²) in [6, 6.07) is 9.67. The molecule has 0 fully saturated rings. The quantitative estimate of drug-likeness (QED) is 0.432. The molecule has 0 aromatic heterocycles. The van der Waals surface area contributed by atoms with Crippen LogP contribution in [0.3, 0.4) is 0 Å². The van der Waals surface area contributed by atoms with E-state index in [4.69, 9.17) is 0 Å². The van der Waals surface area contributed by atoms with Crippen molar-refractivity contribution in [3.05, 3.63) is 29.8 Å². The zero-order chi connectivity index (χ0) is 16.2. The van der Waals surface area contributed by atoms with Gasteiger partial charge in [-0.3, -0.25) is 0 Å². The number of nitrogens with one attached hydrogen (secondary N) is 1. The summed E-state index contributed by atoms with van der Waals surface area (Å²) in [6.07, 6.45) is 11.6. The Kier molecular flexibility index (Phi) is 10.0. The van der Waals surface area contributed by atoms with E-state index in [1.165, 1.54) is 63.5 Å². The molecule has 126 valence electrons. The minimum Gasteiger partial charge on any atom is -0.382 e. The first-order valence-corrected chi connectivity index (χ1v) is 9.62. The van der Waals surface area contributed by atoms with Gasteiger partial charge >= 0.3 is 0 Å². The van der Waals surface area contributed by atoms with Gasteiger partial charge in [-0.25, -0.2) is 0 Å². The Morgan fingerprint density at radius 3 is 2.00 bits per heavy atom. The second-order valence-corrected chi connectivity index (χ2v) is 6.63. The second kappa shape index (κ2) is 11.6. The molecular weight excluding hydrogens is 266 g/mol. The highest BCUT2D eigenvalue weighted by Crippen LogP contribution is 2.33. The lowest BCUT2D eigenvalue weighted by Gasteiger charge is -2.25. The third-order valence-electron chi connectivity index (χ3n) is 4.58. The van der Waals surface area contributed by atoms with E-state index < -0.39 is 0 Å². The van der Waals surface area contributed by atoms with Crippen molar-refractivity contribution in [2.45, 2.75) is 97.4 Å². The molecule has 0 aliphatic carbocycles. The van der Waals surface area contributed by atoms with Crippen LogP contribution in [-0.2, 0) is 0 Å². The van der Waals surface area contributed by atoms with E-state index in [2.05, 4.69) is 57.3 Å².